The maximum absolute atomic E-state index is 12.4. The third kappa shape index (κ3) is 5.93. The van der Waals surface area contributed by atoms with E-state index >= 15 is 0 Å². The Morgan fingerprint density at radius 1 is 1.07 bits per heavy atom. The van der Waals surface area contributed by atoms with Crippen molar-refractivity contribution in [1.29, 1.82) is 0 Å². The summed E-state index contributed by atoms with van der Waals surface area (Å²) < 4.78 is 11.4. The molecule has 1 heterocycles. The highest BCUT2D eigenvalue weighted by Crippen LogP contribution is 2.32. The first-order chi connectivity index (χ1) is 14.5. The number of hydrogen-bond acceptors (Lipinski definition) is 4. The molecule has 0 amide bonds. The Hall–Kier alpha value is -2.17. The van der Waals surface area contributed by atoms with Crippen LogP contribution in [-0.4, -0.2) is 44.2 Å². The topological polar surface area (TPSA) is 38.8 Å². The van der Waals surface area contributed by atoms with Crippen molar-refractivity contribution < 1.29 is 14.3 Å². The standard InChI is InChI=1S/C26H35NO3/c1-19(2)17-24(26(28)29-4)30-25(21-9-6-5-7-10-21)22-14-12-20(13-15-22)23-11-8-16-27(3)18-23/h5-7,9-10,12-15,19,23-25H,8,11,16-18H2,1-4H3/t23?,24-,25+/m0/s1. The van der Waals surface area contributed by atoms with Crippen LogP contribution in [0.5, 0.6) is 0 Å². The monoisotopic (exact) mass is 409 g/mol. The van der Waals surface area contributed by atoms with E-state index in [9.17, 15) is 4.79 Å². The molecule has 1 unspecified atom stereocenters. The molecule has 3 atom stereocenters. The van der Waals surface area contributed by atoms with Crippen LogP contribution in [0.2, 0.25) is 0 Å². The van der Waals surface area contributed by atoms with Gasteiger partial charge in [0.25, 0.3) is 0 Å². The molecule has 2 aromatic rings. The fourth-order valence-electron chi connectivity index (χ4n) is 4.29. The number of carbonyl (C=O) groups excluding carboxylic acids is 1. The zero-order valence-corrected chi connectivity index (χ0v) is 18.7. The van der Waals surface area contributed by atoms with E-state index < -0.39 is 6.10 Å². The van der Waals surface area contributed by atoms with Gasteiger partial charge >= 0.3 is 5.97 Å². The lowest BCUT2D eigenvalue weighted by molar-refractivity contribution is -0.158. The van der Waals surface area contributed by atoms with Gasteiger partial charge in [-0.05, 0) is 61.4 Å². The highest BCUT2D eigenvalue weighted by molar-refractivity contribution is 5.74. The number of carbonyl (C=O) groups is 1. The number of benzene rings is 2. The molecule has 3 rings (SSSR count). The van der Waals surface area contributed by atoms with Gasteiger partial charge in [0.2, 0.25) is 0 Å². The summed E-state index contributed by atoms with van der Waals surface area (Å²) in [5.74, 6) is 0.598. The van der Waals surface area contributed by atoms with E-state index in [1.165, 1.54) is 32.1 Å². The molecule has 1 fully saturated rings. The second-order valence-corrected chi connectivity index (χ2v) is 8.84. The van der Waals surface area contributed by atoms with Crippen LogP contribution in [0.25, 0.3) is 0 Å². The number of rotatable bonds is 8. The first-order valence-electron chi connectivity index (χ1n) is 11.0. The summed E-state index contributed by atoms with van der Waals surface area (Å²) in [7, 11) is 3.62. The third-order valence-corrected chi connectivity index (χ3v) is 5.89. The van der Waals surface area contributed by atoms with E-state index in [0.29, 0.717) is 18.3 Å². The Morgan fingerprint density at radius 2 is 1.73 bits per heavy atom. The molecule has 4 nitrogen and oxygen atoms in total. The van der Waals surface area contributed by atoms with Crippen molar-refractivity contribution in [3.05, 3.63) is 71.3 Å². The summed E-state index contributed by atoms with van der Waals surface area (Å²) in [4.78, 5) is 14.8. The molecule has 0 N–H and O–H groups in total. The Labute approximate surface area is 181 Å². The van der Waals surface area contributed by atoms with Crippen LogP contribution in [0, 0.1) is 5.92 Å². The first kappa shape index (κ1) is 22.5. The highest BCUT2D eigenvalue weighted by Gasteiger charge is 2.27. The van der Waals surface area contributed by atoms with Crippen LogP contribution >= 0.6 is 0 Å². The molecule has 0 aromatic heterocycles. The van der Waals surface area contributed by atoms with Crippen LogP contribution in [0.4, 0.5) is 0 Å². The summed E-state index contributed by atoms with van der Waals surface area (Å²) >= 11 is 0. The lowest BCUT2D eigenvalue weighted by Gasteiger charge is -2.30. The molecule has 0 aliphatic carbocycles. The van der Waals surface area contributed by atoms with E-state index in [4.69, 9.17) is 9.47 Å². The number of hydrogen-bond donors (Lipinski definition) is 0. The molecule has 1 saturated heterocycles. The van der Waals surface area contributed by atoms with Crippen LogP contribution in [0.3, 0.4) is 0 Å². The molecule has 4 heteroatoms. The van der Waals surface area contributed by atoms with Gasteiger partial charge in [0.15, 0.2) is 6.10 Å². The number of likely N-dealkylation sites (N-methyl/N-ethyl adjacent to an activating group) is 1. The Balaban J connectivity index is 1.86. The zero-order chi connectivity index (χ0) is 21.5. The maximum Gasteiger partial charge on any atom is 0.335 e. The molecule has 0 spiro atoms. The van der Waals surface area contributed by atoms with Gasteiger partial charge in [0.1, 0.15) is 6.10 Å². The zero-order valence-electron chi connectivity index (χ0n) is 18.7. The minimum absolute atomic E-state index is 0.308. The van der Waals surface area contributed by atoms with Gasteiger partial charge in [0.05, 0.1) is 7.11 Å². The molecule has 1 aliphatic rings. The average molecular weight is 410 g/mol. The van der Waals surface area contributed by atoms with E-state index in [1.807, 2.05) is 18.2 Å². The summed E-state index contributed by atoms with van der Waals surface area (Å²) in [6, 6.07) is 18.9. The maximum atomic E-state index is 12.4. The summed E-state index contributed by atoms with van der Waals surface area (Å²) in [6.07, 6.45) is 2.21. The van der Waals surface area contributed by atoms with Crippen LogP contribution in [0.15, 0.2) is 54.6 Å². The molecule has 2 aromatic carbocycles. The Kier molecular flexibility index (Phi) is 8.06. The average Bonchev–Trinajstić information content (AvgIpc) is 2.76. The minimum Gasteiger partial charge on any atom is -0.467 e. The predicted molar refractivity (Wildman–Crippen MR) is 121 cm³/mol. The molecule has 162 valence electrons. The quantitative estimate of drug-likeness (QED) is 0.563. The molecule has 0 radical (unpaired) electrons. The van der Waals surface area contributed by atoms with Crippen molar-refractivity contribution >= 4 is 5.97 Å². The van der Waals surface area contributed by atoms with Crippen LogP contribution in [0.1, 0.15) is 61.8 Å². The minimum atomic E-state index is -0.591. The van der Waals surface area contributed by atoms with Gasteiger partial charge in [0, 0.05) is 6.54 Å². The summed E-state index contributed by atoms with van der Waals surface area (Å²) in [5.41, 5.74) is 3.48. The smallest absolute Gasteiger partial charge is 0.335 e. The first-order valence-corrected chi connectivity index (χ1v) is 11.0. The van der Waals surface area contributed by atoms with Crippen molar-refractivity contribution in [2.75, 3.05) is 27.2 Å². The van der Waals surface area contributed by atoms with Crippen molar-refractivity contribution in [1.82, 2.24) is 4.90 Å². The number of nitrogens with zero attached hydrogens (tertiary/aromatic N) is 1. The van der Waals surface area contributed by atoms with Gasteiger partial charge in [-0.15, -0.1) is 0 Å². The van der Waals surface area contributed by atoms with E-state index in [2.05, 4.69) is 62.2 Å². The number of piperidine rings is 1. The third-order valence-electron chi connectivity index (χ3n) is 5.89. The normalized spacial score (nSPS) is 19.4. The molecule has 1 aliphatic heterocycles. The second-order valence-electron chi connectivity index (χ2n) is 8.84. The summed E-state index contributed by atoms with van der Waals surface area (Å²) in [6.45, 7) is 6.47. The van der Waals surface area contributed by atoms with E-state index in [0.717, 1.165) is 17.7 Å². The van der Waals surface area contributed by atoms with Gasteiger partial charge in [-0.1, -0.05) is 68.4 Å². The lowest BCUT2D eigenvalue weighted by atomic mass is 9.89. The van der Waals surface area contributed by atoms with Crippen LogP contribution in [-0.2, 0) is 14.3 Å². The largest absolute Gasteiger partial charge is 0.467 e. The molecule has 0 bridgehead atoms. The highest BCUT2D eigenvalue weighted by atomic mass is 16.6. The second kappa shape index (κ2) is 10.7. The van der Waals surface area contributed by atoms with Crippen molar-refractivity contribution in [3.63, 3.8) is 0 Å². The van der Waals surface area contributed by atoms with Crippen LogP contribution < -0.4 is 0 Å². The number of esters is 1. The lowest BCUT2D eigenvalue weighted by Crippen LogP contribution is -2.31. The van der Waals surface area contributed by atoms with Crippen molar-refractivity contribution in [2.45, 2.75) is 51.2 Å². The number of methoxy groups -OCH3 is 1. The molecular weight excluding hydrogens is 374 g/mol. The van der Waals surface area contributed by atoms with Gasteiger partial charge in [-0.25, -0.2) is 4.79 Å². The number of ether oxygens (including phenoxy) is 2. The summed E-state index contributed by atoms with van der Waals surface area (Å²) in [5, 5.41) is 0. The van der Waals surface area contributed by atoms with Crippen molar-refractivity contribution in [3.8, 4) is 0 Å². The van der Waals surface area contributed by atoms with Gasteiger partial charge in [-0.3, -0.25) is 0 Å². The molecule has 30 heavy (non-hydrogen) atoms. The van der Waals surface area contributed by atoms with Crippen molar-refractivity contribution in [2.24, 2.45) is 5.92 Å². The fraction of sp³-hybridized carbons (Fsp3) is 0.500. The SMILES string of the molecule is COC(=O)[C@H](CC(C)C)O[C@H](c1ccccc1)c1ccc(C2CCCN(C)C2)cc1. The Bertz CT molecular complexity index is 788. The molecule has 0 saturated carbocycles. The Morgan fingerprint density at radius 3 is 2.33 bits per heavy atom. The number of likely N-dealkylation sites (tertiary alicyclic amines) is 1. The fourth-order valence-corrected chi connectivity index (χ4v) is 4.29. The predicted octanol–water partition coefficient (Wildman–Crippen LogP) is 5.19. The van der Waals surface area contributed by atoms with E-state index in [-0.39, 0.29) is 12.1 Å². The van der Waals surface area contributed by atoms with E-state index in [1.54, 1.807) is 0 Å². The van der Waals surface area contributed by atoms with Gasteiger partial charge in [-0.2, -0.15) is 0 Å². The van der Waals surface area contributed by atoms with Gasteiger partial charge < -0.3 is 14.4 Å². The molecular formula is C26H35NO3.